The van der Waals surface area contributed by atoms with Gasteiger partial charge < -0.3 is 9.47 Å². The van der Waals surface area contributed by atoms with Crippen LogP contribution in [0.15, 0.2) is 48.5 Å². The van der Waals surface area contributed by atoms with Crippen LogP contribution in [0.25, 0.3) is 11.1 Å². The highest BCUT2D eigenvalue weighted by Crippen LogP contribution is 2.31. The molecule has 0 aliphatic heterocycles. The lowest BCUT2D eigenvalue weighted by atomic mass is 9.83. The Morgan fingerprint density at radius 3 is 2.08 bits per heavy atom. The van der Waals surface area contributed by atoms with Crippen LogP contribution < -0.4 is 4.74 Å². The zero-order valence-corrected chi connectivity index (χ0v) is 23.8. The van der Waals surface area contributed by atoms with Crippen molar-refractivity contribution in [3.8, 4) is 16.9 Å². The van der Waals surface area contributed by atoms with Crippen molar-refractivity contribution in [3.63, 3.8) is 0 Å². The summed E-state index contributed by atoms with van der Waals surface area (Å²) in [4.78, 5) is 11.9. The van der Waals surface area contributed by atoms with Crippen molar-refractivity contribution in [2.45, 2.75) is 122 Å². The first-order valence-corrected chi connectivity index (χ1v) is 15.3. The number of unbranched alkanes of at least 4 members (excludes halogenated alkanes) is 6. The minimum absolute atomic E-state index is 0.106. The van der Waals surface area contributed by atoms with Gasteiger partial charge in [-0.2, -0.15) is 0 Å². The largest absolute Gasteiger partial charge is 0.494 e. The van der Waals surface area contributed by atoms with Crippen LogP contribution in [0.5, 0.6) is 5.75 Å². The molecule has 1 atom stereocenters. The molecule has 1 aliphatic rings. The summed E-state index contributed by atoms with van der Waals surface area (Å²) >= 11 is 0. The molecule has 0 radical (unpaired) electrons. The lowest BCUT2D eigenvalue weighted by Gasteiger charge is -2.28. The molecular weight excluding hydrogens is 475 g/mol. The molecule has 1 saturated carbocycles. The molecule has 0 spiro atoms. The van der Waals surface area contributed by atoms with E-state index < -0.39 is 12.1 Å². The van der Waals surface area contributed by atoms with Crippen LogP contribution in [0.4, 0.5) is 4.39 Å². The Morgan fingerprint density at radius 1 is 0.816 bits per heavy atom. The third kappa shape index (κ3) is 10.8. The molecule has 0 aromatic heterocycles. The van der Waals surface area contributed by atoms with Crippen LogP contribution in [0.3, 0.4) is 0 Å². The Bertz CT molecular complexity index is 900. The minimum atomic E-state index is -1.46. The summed E-state index contributed by atoms with van der Waals surface area (Å²) in [5.41, 5.74) is 3.79. The van der Waals surface area contributed by atoms with Gasteiger partial charge in [-0.15, -0.1) is 0 Å². The number of alkyl halides is 1. The standard InChI is InChI=1S/C34H49FO3/c1-3-5-7-8-9-10-26-37-31-24-20-30(21-25-31)29-18-14-27(15-19-29)12-13-28-16-22-32(23-17-28)38-34(36)33(35)11-6-4-2/h14-15,18-21,24-25,28,32-33H,3-13,16-17,22-23,26H2,1-2H3/t28-,32-,33-/m0/s1. The smallest absolute Gasteiger partial charge is 0.340 e. The highest BCUT2D eigenvalue weighted by atomic mass is 19.1. The van der Waals surface area contributed by atoms with Gasteiger partial charge in [0.25, 0.3) is 0 Å². The number of hydrogen-bond acceptors (Lipinski definition) is 3. The van der Waals surface area contributed by atoms with Gasteiger partial charge in [0.05, 0.1) is 6.61 Å². The van der Waals surface area contributed by atoms with Crippen LogP contribution in [-0.4, -0.2) is 24.9 Å². The second-order valence-electron chi connectivity index (χ2n) is 11.1. The molecule has 0 bridgehead atoms. The van der Waals surface area contributed by atoms with E-state index in [0.717, 1.165) is 70.1 Å². The molecule has 3 rings (SSSR count). The second kappa shape index (κ2) is 17.3. The Labute approximate surface area is 230 Å². The predicted molar refractivity (Wildman–Crippen MR) is 155 cm³/mol. The number of halogens is 1. The number of aryl methyl sites for hydroxylation is 1. The molecule has 0 N–H and O–H groups in total. The van der Waals surface area contributed by atoms with Crippen molar-refractivity contribution >= 4 is 5.97 Å². The maximum atomic E-state index is 13.9. The van der Waals surface area contributed by atoms with E-state index >= 15 is 0 Å². The number of benzene rings is 2. The highest BCUT2D eigenvalue weighted by Gasteiger charge is 2.27. The van der Waals surface area contributed by atoms with Crippen LogP contribution in [0, 0.1) is 5.92 Å². The molecule has 0 saturated heterocycles. The lowest BCUT2D eigenvalue weighted by Crippen LogP contribution is -2.29. The fourth-order valence-electron chi connectivity index (χ4n) is 5.33. The Balaban J connectivity index is 1.33. The Morgan fingerprint density at radius 2 is 1.42 bits per heavy atom. The third-order valence-corrected chi connectivity index (χ3v) is 7.89. The van der Waals surface area contributed by atoms with Gasteiger partial charge in [-0.3, -0.25) is 0 Å². The fourth-order valence-corrected chi connectivity index (χ4v) is 5.33. The summed E-state index contributed by atoms with van der Waals surface area (Å²) in [7, 11) is 0. The second-order valence-corrected chi connectivity index (χ2v) is 11.1. The van der Waals surface area contributed by atoms with E-state index in [1.807, 2.05) is 6.92 Å². The predicted octanol–water partition coefficient (Wildman–Crippen LogP) is 9.66. The first-order valence-electron chi connectivity index (χ1n) is 15.3. The average molecular weight is 525 g/mol. The topological polar surface area (TPSA) is 35.5 Å². The normalized spacial score (nSPS) is 18.2. The van der Waals surface area contributed by atoms with Crippen LogP contribution in [0.2, 0.25) is 0 Å². The maximum absolute atomic E-state index is 13.9. The average Bonchev–Trinajstić information content (AvgIpc) is 2.95. The van der Waals surface area contributed by atoms with Gasteiger partial charge in [0.15, 0.2) is 6.17 Å². The maximum Gasteiger partial charge on any atom is 0.340 e. The van der Waals surface area contributed by atoms with Gasteiger partial charge in [0.2, 0.25) is 0 Å². The highest BCUT2D eigenvalue weighted by molar-refractivity contribution is 5.74. The number of esters is 1. The molecule has 1 fully saturated rings. The zero-order chi connectivity index (χ0) is 27.0. The van der Waals surface area contributed by atoms with E-state index in [0.29, 0.717) is 5.92 Å². The Hall–Kier alpha value is -2.36. The van der Waals surface area contributed by atoms with Gasteiger partial charge in [-0.25, -0.2) is 9.18 Å². The number of carbonyl (C=O) groups is 1. The number of rotatable bonds is 17. The molecule has 0 amide bonds. The first kappa shape index (κ1) is 30.2. The molecule has 210 valence electrons. The van der Waals surface area contributed by atoms with Gasteiger partial charge in [-0.1, -0.05) is 95.2 Å². The number of hydrogen-bond donors (Lipinski definition) is 0. The summed E-state index contributed by atoms with van der Waals surface area (Å²) in [5.74, 6) is 0.941. The molecule has 2 aromatic carbocycles. The number of ether oxygens (including phenoxy) is 2. The van der Waals surface area contributed by atoms with Gasteiger partial charge in [0, 0.05) is 0 Å². The van der Waals surface area contributed by atoms with Crippen LogP contribution >= 0.6 is 0 Å². The minimum Gasteiger partial charge on any atom is -0.494 e. The van der Waals surface area contributed by atoms with E-state index in [9.17, 15) is 9.18 Å². The number of carbonyl (C=O) groups excluding carboxylic acids is 1. The van der Waals surface area contributed by atoms with Crippen molar-refractivity contribution in [2.75, 3.05) is 6.61 Å². The fraction of sp³-hybridized carbons (Fsp3) is 0.618. The molecule has 2 aromatic rings. The molecule has 38 heavy (non-hydrogen) atoms. The van der Waals surface area contributed by atoms with E-state index in [1.54, 1.807) is 0 Å². The zero-order valence-electron chi connectivity index (χ0n) is 23.8. The summed E-state index contributed by atoms with van der Waals surface area (Å²) < 4.78 is 25.3. The molecule has 3 nitrogen and oxygen atoms in total. The SMILES string of the molecule is CCCCCCCCOc1ccc(-c2ccc(CC[C@H]3CC[C@H](OC(=O)[C@@H](F)CCCC)CC3)cc2)cc1. The van der Waals surface area contributed by atoms with E-state index in [2.05, 4.69) is 55.5 Å². The summed E-state index contributed by atoms with van der Waals surface area (Å²) in [5, 5.41) is 0. The summed E-state index contributed by atoms with van der Waals surface area (Å²) in [6.45, 7) is 5.04. The molecule has 0 heterocycles. The molecule has 0 unspecified atom stereocenters. The lowest BCUT2D eigenvalue weighted by molar-refractivity contribution is -0.157. The third-order valence-electron chi connectivity index (χ3n) is 7.89. The Kier molecular flexibility index (Phi) is 13.7. The first-order chi connectivity index (χ1) is 18.6. The van der Waals surface area contributed by atoms with Crippen molar-refractivity contribution in [1.29, 1.82) is 0 Å². The van der Waals surface area contributed by atoms with Crippen molar-refractivity contribution < 1.29 is 18.7 Å². The molecule has 1 aliphatic carbocycles. The van der Waals surface area contributed by atoms with Gasteiger partial charge in [0.1, 0.15) is 11.9 Å². The quantitative estimate of drug-likeness (QED) is 0.153. The van der Waals surface area contributed by atoms with Crippen molar-refractivity contribution in [2.24, 2.45) is 5.92 Å². The molecular formula is C34H49FO3. The monoisotopic (exact) mass is 524 g/mol. The van der Waals surface area contributed by atoms with E-state index in [1.165, 1.54) is 48.8 Å². The van der Waals surface area contributed by atoms with Gasteiger partial charge >= 0.3 is 5.97 Å². The summed E-state index contributed by atoms with van der Waals surface area (Å²) in [6.07, 6.45) is 14.0. The van der Waals surface area contributed by atoms with Gasteiger partial charge in [-0.05, 0) is 86.1 Å². The van der Waals surface area contributed by atoms with Crippen LogP contribution in [-0.2, 0) is 16.0 Å². The molecule has 4 heteroatoms. The van der Waals surface area contributed by atoms with Crippen LogP contribution in [0.1, 0.15) is 109 Å². The summed E-state index contributed by atoms with van der Waals surface area (Å²) in [6, 6.07) is 17.3. The van der Waals surface area contributed by atoms with E-state index in [-0.39, 0.29) is 12.5 Å². The van der Waals surface area contributed by atoms with E-state index in [4.69, 9.17) is 9.47 Å². The van der Waals surface area contributed by atoms with Crippen molar-refractivity contribution in [1.82, 2.24) is 0 Å². The van der Waals surface area contributed by atoms with Crippen molar-refractivity contribution in [3.05, 3.63) is 54.1 Å².